The molecule has 1 rings (SSSR count). The van der Waals surface area contributed by atoms with E-state index in [1.54, 1.807) is 11.4 Å². The highest BCUT2D eigenvalue weighted by molar-refractivity contribution is 7.14. The summed E-state index contributed by atoms with van der Waals surface area (Å²) in [7, 11) is 0. The van der Waals surface area contributed by atoms with Crippen LogP contribution in [0.2, 0.25) is 4.34 Å². The largest absolute Gasteiger partial charge is 0.385 e. The van der Waals surface area contributed by atoms with Gasteiger partial charge in [0.2, 0.25) is 0 Å². The highest BCUT2D eigenvalue weighted by Gasteiger charge is 2.15. The van der Waals surface area contributed by atoms with Crippen LogP contribution in [0.15, 0.2) is 11.4 Å². The van der Waals surface area contributed by atoms with Gasteiger partial charge in [-0.25, -0.2) is 0 Å². The molecule has 0 aliphatic heterocycles. The Kier molecular flexibility index (Phi) is 2.65. The van der Waals surface area contributed by atoms with E-state index in [9.17, 15) is 4.79 Å². The Morgan fingerprint density at radius 2 is 2.45 bits per heavy atom. The maximum absolute atomic E-state index is 11.1. The number of rotatable bonds is 2. The number of ketones is 1. The Bertz CT molecular complexity index is 267. The number of carbonyl (C=O) groups excluding carboxylic acids is 1. The zero-order valence-corrected chi connectivity index (χ0v) is 7.45. The van der Waals surface area contributed by atoms with E-state index in [2.05, 4.69) is 0 Å². The molecule has 60 valence electrons. The second-order valence-electron chi connectivity index (χ2n) is 2.15. The predicted octanol–water partition coefficient (Wildman–Crippen LogP) is 1.96. The van der Waals surface area contributed by atoms with Crippen molar-refractivity contribution in [3.8, 4) is 0 Å². The lowest BCUT2D eigenvalue weighted by Gasteiger charge is -1.99. The number of halogens is 1. The first-order valence-electron chi connectivity index (χ1n) is 3.08. The van der Waals surface area contributed by atoms with Gasteiger partial charge in [0.05, 0.1) is 0 Å². The van der Waals surface area contributed by atoms with Crippen LogP contribution in [-0.4, -0.2) is 17.0 Å². The van der Waals surface area contributed by atoms with Crippen molar-refractivity contribution in [2.75, 3.05) is 0 Å². The zero-order valence-electron chi connectivity index (χ0n) is 5.87. The van der Waals surface area contributed by atoms with Crippen molar-refractivity contribution in [3.63, 3.8) is 0 Å². The lowest BCUT2D eigenvalue weighted by Crippen LogP contribution is -2.15. The summed E-state index contributed by atoms with van der Waals surface area (Å²) in [6, 6.07) is 1.61. The Labute approximate surface area is 73.4 Å². The first kappa shape index (κ1) is 8.71. The summed E-state index contributed by atoms with van der Waals surface area (Å²) in [5.41, 5.74) is 0.409. The van der Waals surface area contributed by atoms with Crippen molar-refractivity contribution in [2.45, 2.75) is 13.0 Å². The number of carbonyl (C=O) groups is 1. The number of thiophene rings is 1. The second-order valence-corrected chi connectivity index (χ2v) is 3.67. The summed E-state index contributed by atoms with van der Waals surface area (Å²) < 4.78 is 0.441. The van der Waals surface area contributed by atoms with E-state index >= 15 is 0 Å². The van der Waals surface area contributed by atoms with Crippen LogP contribution in [0.1, 0.15) is 17.3 Å². The van der Waals surface area contributed by atoms with Crippen molar-refractivity contribution in [1.82, 2.24) is 0 Å². The number of aliphatic hydroxyl groups excluding tert-OH is 1. The van der Waals surface area contributed by atoms with Gasteiger partial charge in [0.25, 0.3) is 0 Å². The molecule has 4 heteroatoms. The van der Waals surface area contributed by atoms with Gasteiger partial charge in [0, 0.05) is 5.56 Å². The SMILES string of the molecule is CC(O)C(=O)c1ccsc1Cl. The molecule has 0 aromatic carbocycles. The summed E-state index contributed by atoms with van der Waals surface area (Å²) in [6.07, 6.45) is -0.970. The quantitative estimate of drug-likeness (QED) is 0.724. The summed E-state index contributed by atoms with van der Waals surface area (Å²) in [6.45, 7) is 1.43. The first-order valence-corrected chi connectivity index (χ1v) is 4.34. The van der Waals surface area contributed by atoms with Gasteiger partial charge in [-0.05, 0) is 18.4 Å². The maximum Gasteiger partial charge on any atom is 0.193 e. The smallest absolute Gasteiger partial charge is 0.193 e. The molecule has 0 amide bonds. The average molecular weight is 191 g/mol. The van der Waals surface area contributed by atoms with Crippen LogP contribution in [0, 0.1) is 0 Å². The van der Waals surface area contributed by atoms with Gasteiger partial charge in [-0.3, -0.25) is 4.79 Å². The Balaban J connectivity index is 2.93. The molecule has 0 radical (unpaired) electrons. The van der Waals surface area contributed by atoms with Crippen molar-refractivity contribution in [3.05, 3.63) is 21.3 Å². The van der Waals surface area contributed by atoms with Gasteiger partial charge in [0.1, 0.15) is 10.4 Å². The van der Waals surface area contributed by atoms with Crippen molar-refractivity contribution < 1.29 is 9.90 Å². The van der Waals surface area contributed by atoms with Crippen LogP contribution in [0.25, 0.3) is 0 Å². The molecular weight excluding hydrogens is 184 g/mol. The summed E-state index contributed by atoms with van der Waals surface area (Å²) in [4.78, 5) is 11.1. The molecule has 0 aliphatic carbocycles. The van der Waals surface area contributed by atoms with E-state index in [-0.39, 0.29) is 5.78 Å². The van der Waals surface area contributed by atoms with Crippen molar-refractivity contribution >= 4 is 28.7 Å². The third-order valence-corrected chi connectivity index (χ3v) is 2.43. The third kappa shape index (κ3) is 1.80. The fourth-order valence-corrected chi connectivity index (χ4v) is 1.62. The predicted molar refractivity (Wildman–Crippen MR) is 45.3 cm³/mol. The number of aliphatic hydroxyl groups is 1. The molecule has 0 saturated carbocycles. The summed E-state index contributed by atoms with van der Waals surface area (Å²) >= 11 is 6.95. The van der Waals surface area contributed by atoms with Crippen molar-refractivity contribution in [1.29, 1.82) is 0 Å². The Hall–Kier alpha value is -0.380. The molecule has 1 unspecified atom stereocenters. The normalized spacial score (nSPS) is 13.0. The number of Topliss-reactive ketones (excluding diaryl/α,β-unsaturated/α-hetero) is 1. The van der Waals surface area contributed by atoms with Crippen LogP contribution in [0.3, 0.4) is 0 Å². The van der Waals surface area contributed by atoms with Gasteiger partial charge < -0.3 is 5.11 Å². The topological polar surface area (TPSA) is 37.3 Å². The van der Waals surface area contributed by atoms with Crippen molar-refractivity contribution in [2.24, 2.45) is 0 Å². The highest BCUT2D eigenvalue weighted by Crippen LogP contribution is 2.23. The van der Waals surface area contributed by atoms with E-state index in [0.717, 1.165) is 0 Å². The molecule has 0 aliphatic rings. The minimum atomic E-state index is -0.970. The molecule has 0 fully saturated rings. The number of hydrogen-bond acceptors (Lipinski definition) is 3. The lowest BCUT2D eigenvalue weighted by atomic mass is 10.1. The van der Waals surface area contributed by atoms with E-state index in [4.69, 9.17) is 16.7 Å². The monoisotopic (exact) mass is 190 g/mol. The molecule has 0 saturated heterocycles. The molecule has 0 spiro atoms. The van der Waals surface area contributed by atoms with Gasteiger partial charge in [-0.1, -0.05) is 11.6 Å². The van der Waals surface area contributed by atoms with Crippen LogP contribution in [0.4, 0.5) is 0 Å². The fraction of sp³-hybridized carbons (Fsp3) is 0.286. The molecule has 1 atom stereocenters. The van der Waals surface area contributed by atoms with Gasteiger partial charge in [-0.15, -0.1) is 11.3 Å². The zero-order chi connectivity index (χ0) is 8.43. The molecule has 1 heterocycles. The van der Waals surface area contributed by atoms with E-state index < -0.39 is 6.10 Å². The molecular formula is C7H7ClO2S. The maximum atomic E-state index is 11.1. The fourth-order valence-electron chi connectivity index (χ4n) is 0.695. The van der Waals surface area contributed by atoms with Gasteiger partial charge >= 0.3 is 0 Å². The minimum absolute atomic E-state index is 0.323. The van der Waals surface area contributed by atoms with Gasteiger partial charge in [-0.2, -0.15) is 0 Å². The van der Waals surface area contributed by atoms with Crippen LogP contribution in [0.5, 0.6) is 0 Å². The van der Waals surface area contributed by atoms with E-state index in [0.29, 0.717) is 9.90 Å². The number of hydrogen-bond donors (Lipinski definition) is 1. The second kappa shape index (κ2) is 3.34. The van der Waals surface area contributed by atoms with Crippen LogP contribution >= 0.6 is 22.9 Å². The lowest BCUT2D eigenvalue weighted by molar-refractivity contribution is 0.0780. The first-order chi connectivity index (χ1) is 5.13. The Morgan fingerprint density at radius 1 is 1.82 bits per heavy atom. The summed E-state index contributed by atoms with van der Waals surface area (Å²) in [5.74, 6) is -0.323. The average Bonchev–Trinajstić information content (AvgIpc) is 2.33. The van der Waals surface area contributed by atoms with E-state index in [1.807, 2.05) is 0 Å². The molecule has 1 aromatic heterocycles. The molecule has 11 heavy (non-hydrogen) atoms. The summed E-state index contributed by atoms with van der Waals surface area (Å²) in [5, 5.41) is 10.6. The molecule has 1 N–H and O–H groups in total. The van der Waals surface area contributed by atoms with Gasteiger partial charge in [0.15, 0.2) is 5.78 Å². The molecule has 1 aromatic rings. The minimum Gasteiger partial charge on any atom is -0.385 e. The standard InChI is InChI=1S/C7H7ClO2S/c1-4(9)6(10)5-2-3-11-7(5)8/h2-4,9H,1H3. The van der Waals surface area contributed by atoms with Crippen LogP contribution < -0.4 is 0 Å². The highest BCUT2D eigenvalue weighted by atomic mass is 35.5. The third-order valence-electron chi connectivity index (χ3n) is 1.26. The molecule has 2 nitrogen and oxygen atoms in total. The molecule has 0 bridgehead atoms. The Morgan fingerprint density at radius 3 is 2.82 bits per heavy atom. The van der Waals surface area contributed by atoms with Crippen LogP contribution in [-0.2, 0) is 0 Å². The van der Waals surface area contributed by atoms with E-state index in [1.165, 1.54) is 18.3 Å².